The van der Waals surface area contributed by atoms with E-state index in [0.29, 0.717) is 19.3 Å². The summed E-state index contributed by atoms with van der Waals surface area (Å²) in [6.45, 7) is 6.42. The van der Waals surface area contributed by atoms with Crippen LogP contribution in [0.4, 0.5) is 0 Å². The largest absolute Gasteiger partial charge is 0.462 e. The summed E-state index contributed by atoms with van der Waals surface area (Å²) in [4.78, 5) is 38.1. The van der Waals surface area contributed by atoms with Gasteiger partial charge in [-0.05, 0) is 57.8 Å². The molecule has 0 saturated carbocycles. The van der Waals surface area contributed by atoms with Gasteiger partial charge in [0.1, 0.15) is 13.2 Å². The summed E-state index contributed by atoms with van der Waals surface area (Å²) in [6, 6.07) is 0. The summed E-state index contributed by atoms with van der Waals surface area (Å²) in [6.07, 6.45) is 71.5. The molecule has 0 saturated heterocycles. The standard InChI is InChI=1S/C61H104O6/c1-4-7-10-13-16-19-22-25-27-29-30-32-33-36-39-42-45-48-51-54-60(63)66-57-58(56-65-59(62)53-50-47-44-41-38-35-24-21-18-15-12-9-6-3)67-61(64)55-52-49-46-43-40-37-34-31-28-26-23-20-17-14-11-8-5-2/h9,12,15-16,18-19,21-22,24-25,35,38,41,44,58H,4-8,10-11,13-14,17,20,23,26-34,36-37,39-40,42-43,45-57H2,1-3H3/b12-9+,18-15+,19-16+,24-21+,25-22+,38-35+,44-41+. The molecule has 6 nitrogen and oxygen atoms in total. The Labute approximate surface area is 414 Å². The first-order valence-electron chi connectivity index (χ1n) is 28.2. The van der Waals surface area contributed by atoms with Gasteiger partial charge >= 0.3 is 17.9 Å². The summed E-state index contributed by atoms with van der Waals surface area (Å²) >= 11 is 0. The Morgan fingerprint density at radius 3 is 1.01 bits per heavy atom. The number of esters is 3. The predicted octanol–water partition coefficient (Wildman–Crippen LogP) is 18.8. The molecule has 0 rings (SSSR count). The van der Waals surface area contributed by atoms with Crippen LogP contribution in [0.2, 0.25) is 0 Å². The maximum absolute atomic E-state index is 12.8. The smallest absolute Gasteiger partial charge is 0.306 e. The highest BCUT2D eigenvalue weighted by Gasteiger charge is 2.19. The van der Waals surface area contributed by atoms with Crippen molar-refractivity contribution in [2.75, 3.05) is 13.2 Å². The third-order valence-electron chi connectivity index (χ3n) is 12.0. The van der Waals surface area contributed by atoms with Crippen molar-refractivity contribution in [2.24, 2.45) is 0 Å². The number of hydrogen-bond acceptors (Lipinski definition) is 6. The average molecular weight is 933 g/mol. The molecule has 0 aliphatic rings. The number of hydrogen-bond donors (Lipinski definition) is 0. The molecule has 1 unspecified atom stereocenters. The Balaban J connectivity index is 4.42. The van der Waals surface area contributed by atoms with Gasteiger partial charge in [-0.15, -0.1) is 0 Å². The molecule has 0 aliphatic carbocycles. The number of rotatable bonds is 50. The van der Waals surface area contributed by atoms with E-state index in [9.17, 15) is 14.4 Å². The normalized spacial score (nSPS) is 12.7. The number of carbonyl (C=O) groups excluding carboxylic acids is 3. The van der Waals surface area contributed by atoms with Gasteiger partial charge in [0.15, 0.2) is 6.10 Å². The number of carbonyl (C=O) groups is 3. The molecule has 0 N–H and O–H groups in total. The van der Waals surface area contributed by atoms with Gasteiger partial charge in [-0.3, -0.25) is 14.4 Å². The molecule has 0 spiro atoms. The zero-order chi connectivity index (χ0) is 48.6. The molecule has 0 radical (unpaired) electrons. The Kier molecular flexibility index (Phi) is 52.4. The van der Waals surface area contributed by atoms with E-state index >= 15 is 0 Å². The van der Waals surface area contributed by atoms with E-state index in [1.807, 2.05) is 54.7 Å². The molecule has 0 bridgehead atoms. The first kappa shape index (κ1) is 63.6. The molecule has 6 heteroatoms. The molecule has 0 fully saturated rings. The van der Waals surface area contributed by atoms with Gasteiger partial charge in [-0.25, -0.2) is 0 Å². The topological polar surface area (TPSA) is 78.9 Å². The zero-order valence-corrected chi connectivity index (χ0v) is 43.9. The lowest BCUT2D eigenvalue weighted by atomic mass is 10.0. The van der Waals surface area contributed by atoms with Gasteiger partial charge < -0.3 is 14.2 Å². The van der Waals surface area contributed by atoms with Crippen LogP contribution >= 0.6 is 0 Å². The van der Waals surface area contributed by atoms with E-state index in [4.69, 9.17) is 14.2 Å². The minimum atomic E-state index is -0.805. The van der Waals surface area contributed by atoms with Crippen molar-refractivity contribution >= 4 is 17.9 Å². The van der Waals surface area contributed by atoms with E-state index in [-0.39, 0.29) is 37.5 Å². The SMILES string of the molecule is CC/C=C/C=C/C=C/C=C/C=C/CCCC(=O)OCC(COC(=O)CCCCCCCCCCCC/C=C/C=C/CCCCC)OC(=O)CCCCCCCCCCCCCCCCCCC. The van der Waals surface area contributed by atoms with Crippen molar-refractivity contribution in [3.05, 3.63) is 85.1 Å². The zero-order valence-electron chi connectivity index (χ0n) is 43.9. The van der Waals surface area contributed by atoms with Crippen molar-refractivity contribution in [3.63, 3.8) is 0 Å². The highest BCUT2D eigenvalue weighted by atomic mass is 16.6. The number of unbranched alkanes of at least 4 members (excludes halogenated alkanes) is 30. The Hall–Kier alpha value is -3.41. The molecule has 0 aromatic rings. The van der Waals surface area contributed by atoms with Crippen LogP contribution in [0.5, 0.6) is 0 Å². The van der Waals surface area contributed by atoms with Crippen LogP contribution in [0.15, 0.2) is 85.1 Å². The third-order valence-corrected chi connectivity index (χ3v) is 12.0. The van der Waals surface area contributed by atoms with Crippen LogP contribution in [0.25, 0.3) is 0 Å². The molecule has 0 aliphatic heterocycles. The van der Waals surface area contributed by atoms with Crippen molar-refractivity contribution in [3.8, 4) is 0 Å². The van der Waals surface area contributed by atoms with Gasteiger partial charge in [0, 0.05) is 19.3 Å². The second-order valence-corrected chi connectivity index (χ2v) is 18.6. The lowest BCUT2D eigenvalue weighted by Gasteiger charge is -2.18. The second-order valence-electron chi connectivity index (χ2n) is 18.6. The Morgan fingerprint density at radius 1 is 0.313 bits per heavy atom. The summed E-state index contributed by atoms with van der Waals surface area (Å²) in [5, 5.41) is 0. The quantitative estimate of drug-likeness (QED) is 0.0262. The summed E-state index contributed by atoms with van der Waals surface area (Å²) in [5.74, 6) is -0.972. The summed E-state index contributed by atoms with van der Waals surface area (Å²) in [5.41, 5.74) is 0. The second kappa shape index (κ2) is 55.2. The maximum atomic E-state index is 12.8. The van der Waals surface area contributed by atoms with Crippen LogP contribution in [0.1, 0.15) is 265 Å². The first-order chi connectivity index (χ1) is 33.0. The van der Waals surface area contributed by atoms with Crippen LogP contribution in [-0.2, 0) is 28.6 Å². The minimum Gasteiger partial charge on any atom is -0.462 e. The fraction of sp³-hybridized carbons (Fsp3) is 0.721. The molecule has 67 heavy (non-hydrogen) atoms. The number of allylic oxidation sites excluding steroid dienone is 14. The van der Waals surface area contributed by atoms with E-state index in [0.717, 1.165) is 51.4 Å². The predicted molar refractivity (Wildman–Crippen MR) is 288 cm³/mol. The minimum absolute atomic E-state index is 0.0991. The fourth-order valence-corrected chi connectivity index (χ4v) is 7.82. The van der Waals surface area contributed by atoms with E-state index in [2.05, 4.69) is 51.2 Å². The van der Waals surface area contributed by atoms with Crippen LogP contribution in [0.3, 0.4) is 0 Å². The summed E-state index contributed by atoms with van der Waals surface area (Å²) < 4.78 is 16.8. The fourth-order valence-electron chi connectivity index (χ4n) is 7.82. The van der Waals surface area contributed by atoms with E-state index < -0.39 is 6.10 Å². The van der Waals surface area contributed by atoms with Crippen LogP contribution in [0, 0.1) is 0 Å². The van der Waals surface area contributed by atoms with Crippen molar-refractivity contribution in [1.29, 1.82) is 0 Å². The van der Waals surface area contributed by atoms with Crippen molar-refractivity contribution < 1.29 is 28.6 Å². The van der Waals surface area contributed by atoms with Crippen LogP contribution in [-0.4, -0.2) is 37.2 Å². The van der Waals surface area contributed by atoms with E-state index in [1.54, 1.807) is 0 Å². The molecule has 0 aromatic carbocycles. The highest BCUT2D eigenvalue weighted by Crippen LogP contribution is 2.16. The molecule has 0 aromatic heterocycles. The molecule has 384 valence electrons. The monoisotopic (exact) mass is 933 g/mol. The lowest BCUT2D eigenvalue weighted by Crippen LogP contribution is -2.30. The molecule has 1 atom stereocenters. The van der Waals surface area contributed by atoms with Crippen molar-refractivity contribution in [1.82, 2.24) is 0 Å². The average Bonchev–Trinajstić information content (AvgIpc) is 3.33. The van der Waals surface area contributed by atoms with Crippen LogP contribution < -0.4 is 0 Å². The highest BCUT2D eigenvalue weighted by molar-refractivity contribution is 5.71. The molecule has 0 heterocycles. The molecular weight excluding hydrogens is 829 g/mol. The molecule has 0 amide bonds. The Bertz CT molecular complexity index is 1300. The van der Waals surface area contributed by atoms with Gasteiger partial charge in [0.05, 0.1) is 0 Å². The Morgan fingerprint density at radius 2 is 0.597 bits per heavy atom. The van der Waals surface area contributed by atoms with E-state index in [1.165, 1.54) is 167 Å². The van der Waals surface area contributed by atoms with Gasteiger partial charge in [0.2, 0.25) is 0 Å². The number of ether oxygens (including phenoxy) is 3. The third kappa shape index (κ3) is 53.4. The molecular formula is C61H104O6. The van der Waals surface area contributed by atoms with Gasteiger partial charge in [0.25, 0.3) is 0 Å². The van der Waals surface area contributed by atoms with Gasteiger partial charge in [-0.1, -0.05) is 273 Å². The van der Waals surface area contributed by atoms with Gasteiger partial charge in [-0.2, -0.15) is 0 Å². The van der Waals surface area contributed by atoms with Crippen molar-refractivity contribution in [2.45, 2.75) is 271 Å². The lowest BCUT2D eigenvalue weighted by molar-refractivity contribution is -0.167. The maximum Gasteiger partial charge on any atom is 0.306 e. The summed E-state index contributed by atoms with van der Waals surface area (Å²) in [7, 11) is 0. The first-order valence-corrected chi connectivity index (χ1v) is 28.2.